The van der Waals surface area contributed by atoms with E-state index in [1.165, 1.54) is 70.6 Å². The van der Waals surface area contributed by atoms with Crippen LogP contribution in [-0.4, -0.2) is 24.1 Å². The Morgan fingerprint density at radius 3 is 1.82 bits per heavy atom. The van der Waals surface area contributed by atoms with Gasteiger partial charge in [0.1, 0.15) is 0 Å². The zero-order valence-electron chi connectivity index (χ0n) is 14.8. The number of unbranched alkanes of at least 4 members (excludes halogenated alkanes) is 10. The van der Waals surface area contributed by atoms with Crippen molar-refractivity contribution in [3.63, 3.8) is 0 Å². The van der Waals surface area contributed by atoms with Gasteiger partial charge >= 0.3 is 5.97 Å². The summed E-state index contributed by atoms with van der Waals surface area (Å²) >= 11 is 0. The van der Waals surface area contributed by atoms with Gasteiger partial charge < -0.3 is 4.84 Å². The summed E-state index contributed by atoms with van der Waals surface area (Å²) < 4.78 is 0. The first-order valence-electron chi connectivity index (χ1n) is 9.78. The Hall–Kier alpha value is -0.570. The molecule has 0 aromatic carbocycles. The van der Waals surface area contributed by atoms with E-state index in [0.717, 1.165) is 32.4 Å². The zero-order valence-corrected chi connectivity index (χ0v) is 14.8. The van der Waals surface area contributed by atoms with E-state index in [0.29, 0.717) is 6.42 Å². The lowest BCUT2D eigenvalue weighted by Gasteiger charge is -2.24. The van der Waals surface area contributed by atoms with Gasteiger partial charge in [-0.15, -0.1) is 5.06 Å². The summed E-state index contributed by atoms with van der Waals surface area (Å²) in [6.07, 6.45) is 18.7. The van der Waals surface area contributed by atoms with Crippen LogP contribution in [0, 0.1) is 0 Å². The van der Waals surface area contributed by atoms with Crippen molar-refractivity contribution in [2.75, 3.05) is 13.1 Å². The number of hydrogen-bond donors (Lipinski definition) is 0. The van der Waals surface area contributed by atoms with E-state index in [-0.39, 0.29) is 5.97 Å². The minimum absolute atomic E-state index is 0.0298. The molecule has 0 aromatic rings. The molecule has 3 nitrogen and oxygen atoms in total. The van der Waals surface area contributed by atoms with Crippen LogP contribution < -0.4 is 0 Å². The standard InChI is InChI=1S/C19H37NO2/c1-2-3-4-5-6-7-8-9-10-11-13-16-19(21)22-20-17-14-12-15-18-20/h2-18H2,1H3. The molecule has 1 heterocycles. The van der Waals surface area contributed by atoms with Gasteiger partial charge in [0.15, 0.2) is 0 Å². The molecule has 1 fully saturated rings. The molecule has 1 saturated heterocycles. The van der Waals surface area contributed by atoms with E-state index in [2.05, 4.69) is 6.92 Å². The van der Waals surface area contributed by atoms with E-state index < -0.39 is 0 Å². The van der Waals surface area contributed by atoms with Crippen LogP contribution in [0.2, 0.25) is 0 Å². The monoisotopic (exact) mass is 311 g/mol. The van der Waals surface area contributed by atoms with Crippen molar-refractivity contribution in [1.29, 1.82) is 0 Å². The molecule has 0 amide bonds. The van der Waals surface area contributed by atoms with Crippen molar-refractivity contribution in [3.05, 3.63) is 0 Å². The number of hydrogen-bond acceptors (Lipinski definition) is 3. The normalized spacial score (nSPS) is 15.9. The average molecular weight is 312 g/mol. The fourth-order valence-corrected chi connectivity index (χ4v) is 3.08. The third kappa shape index (κ3) is 11.1. The van der Waals surface area contributed by atoms with Crippen molar-refractivity contribution in [2.45, 2.75) is 103 Å². The van der Waals surface area contributed by atoms with Crippen LogP contribution in [0.3, 0.4) is 0 Å². The maximum atomic E-state index is 11.7. The van der Waals surface area contributed by atoms with Gasteiger partial charge in [0, 0.05) is 19.5 Å². The highest BCUT2D eigenvalue weighted by atomic mass is 16.7. The number of carbonyl (C=O) groups is 1. The van der Waals surface area contributed by atoms with Gasteiger partial charge in [-0.2, -0.15) is 0 Å². The number of piperidine rings is 1. The lowest BCUT2D eigenvalue weighted by atomic mass is 10.1. The number of rotatable bonds is 13. The van der Waals surface area contributed by atoms with E-state index in [4.69, 9.17) is 4.84 Å². The first-order valence-corrected chi connectivity index (χ1v) is 9.78. The largest absolute Gasteiger partial charge is 0.368 e. The first kappa shape index (κ1) is 19.5. The molecule has 130 valence electrons. The van der Waals surface area contributed by atoms with Crippen LogP contribution in [0.5, 0.6) is 0 Å². The maximum absolute atomic E-state index is 11.7. The van der Waals surface area contributed by atoms with E-state index >= 15 is 0 Å². The number of nitrogens with zero attached hydrogens (tertiary/aromatic N) is 1. The first-order chi connectivity index (χ1) is 10.8. The fourth-order valence-electron chi connectivity index (χ4n) is 3.08. The lowest BCUT2D eigenvalue weighted by Crippen LogP contribution is -2.32. The van der Waals surface area contributed by atoms with Gasteiger partial charge in [-0.05, 0) is 19.3 Å². The van der Waals surface area contributed by atoms with Gasteiger partial charge in [-0.1, -0.05) is 77.6 Å². The highest BCUT2D eigenvalue weighted by Crippen LogP contribution is 2.13. The van der Waals surface area contributed by atoms with Crippen molar-refractivity contribution in [3.8, 4) is 0 Å². The highest BCUT2D eigenvalue weighted by Gasteiger charge is 2.14. The van der Waals surface area contributed by atoms with Crippen LogP contribution in [0.1, 0.15) is 103 Å². The van der Waals surface area contributed by atoms with E-state index in [1.807, 2.05) is 5.06 Å². The van der Waals surface area contributed by atoms with E-state index in [9.17, 15) is 4.79 Å². The molecule has 3 heteroatoms. The summed E-state index contributed by atoms with van der Waals surface area (Å²) in [7, 11) is 0. The van der Waals surface area contributed by atoms with Gasteiger partial charge in [-0.25, -0.2) is 0 Å². The van der Waals surface area contributed by atoms with Crippen LogP contribution in [0.15, 0.2) is 0 Å². The Bertz CT molecular complexity index is 262. The average Bonchev–Trinajstić information content (AvgIpc) is 2.53. The topological polar surface area (TPSA) is 29.5 Å². The second-order valence-electron chi connectivity index (χ2n) is 6.74. The summed E-state index contributed by atoms with van der Waals surface area (Å²) in [5, 5.41) is 1.85. The third-order valence-electron chi connectivity index (χ3n) is 4.53. The minimum atomic E-state index is -0.0298. The molecule has 1 rings (SSSR count). The highest BCUT2D eigenvalue weighted by molar-refractivity contribution is 5.68. The summed E-state index contributed by atoms with van der Waals surface area (Å²) in [5.41, 5.74) is 0. The van der Waals surface area contributed by atoms with Crippen LogP contribution in [0.25, 0.3) is 0 Å². The molecule has 0 aromatic heterocycles. The molecule has 22 heavy (non-hydrogen) atoms. The maximum Gasteiger partial charge on any atom is 0.325 e. The van der Waals surface area contributed by atoms with Crippen molar-refractivity contribution in [2.24, 2.45) is 0 Å². The molecule has 0 atom stereocenters. The van der Waals surface area contributed by atoms with Gasteiger partial charge in [0.2, 0.25) is 0 Å². The molecular formula is C19H37NO2. The number of carbonyl (C=O) groups excluding carboxylic acids is 1. The van der Waals surface area contributed by atoms with Crippen molar-refractivity contribution < 1.29 is 9.63 Å². The molecule has 0 bridgehead atoms. The van der Waals surface area contributed by atoms with Crippen molar-refractivity contribution >= 4 is 5.97 Å². The smallest absolute Gasteiger partial charge is 0.325 e. The molecule has 1 aliphatic rings. The van der Waals surface area contributed by atoms with E-state index in [1.54, 1.807) is 0 Å². The Morgan fingerprint density at radius 2 is 1.27 bits per heavy atom. The second kappa shape index (κ2) is 14.0. The SMILES string of the molecule is CCCCCCCCCCCCCC(=O)ON1CCCCC1. The minimum Gasteiger partial charge on any atom is -0.368 e. The predicted molar refractivity (Wildman–Crippen MR) is 92.6 cm³/mol. The molecule has 0 unspecified atom stereocenters. The Balaban J connectivity index is 1.79. The predicted octanol–water partition coefficient (Wildman–Crippen LogP) is 5.63. The molecule has 1 aliphatic heterocycles. The quantitative estimate of drug-likeness (QED) is 0.413. The molecule has 0 spiro atoms. The Kier molecular flexibility index (Phi) is 12.4. The molecule has 0 N–H and O–H groups in total. The number of hydroxylamine groups is 2. The Morgan fingerprint density at radius 1 is 0.773 bits per heavy atom. The second-order valence-corrected chi connectivity index (χ2v) is 6.74. The van der Waals surface area contributed by atoms with Gasteiger partial charge in [0.25, 0.3) is 0 Å². The summed E-state index contributed by atoms with van der Waals surface area (Å²) in [6.45, 7) is 4.11. The van der Waals surface area contributed by atoms with Crippen LogP contribution >= 0.6 is 0 Å². The van der Waals surface area contributed by atoms with Gasteiger partial charge in [0.05, 0.1) is 0 Å². The molecule has 0 aliphatic carbocycles. The fraction of sp³-hybridized carbons (Fsp3) is 0.947. The zero-order chi connectivity index (χ0) is 15.9. The molecular weight excluding hydrogens is 274 g/mol. The van der Waals surface area contributed by atoms with Crippen molar-refractivity contribution in [1.82, 2.24) is 5.06 Å². The summed E-state index contributed by atoms with van der Waals surface area (Å²) in [6, 6.07) is 0. The van der Waals surface area contributed by atoms with Crippen LogP contribution in [0.4, 0.5) is 0 Å². The van der Waals surface area contributed by atoms with Gasteiger partial charge in [-0.3, -0.25) is 4.79 Å². The summed E-state index contributed by atoms with van der Waals surface area (Å²) in [4.78, 5) is 17.1. The summed E-state index contributed by atoms with van der Waals surface area (Å²) in [5.74, 6) is -0.0298. The lowest BCUT2D eigenvalue weighted by molar-refractivity contribution is -0.194. The van der Waals surface area contributed by atoms with Crippen LogP contribution in [-0.2, 0) is 9.63 Å². The third-order valence-corrected chi connectivity index (χ3v) is 4.53. The molecule has 0 radical (unpaired) electrons. The molecule has 0 saturated carbocycles. The Labute approximate surface area is 137 Å².